The lowest BCUT2D eigenvalue weighted by Crippen LogP contribution is -2.40. The van der Waals surface area contributed by atoms with Crippen molar-refractivity contribution in [2.24, 2.45) is 0 Å². The van der Waals surface area contributed by atoms with E-state index >= 15 is 0 Å². The lowest BCUT2D eigenvalue weighted by atomic mass is 10.5. The molecule has 0 aromatic heterocycles. The summed E-state index contributed by atoms with van der Waals surface area (Å²) < 4.78 is 4.40. The zero-order valence-electron chi connectivity index (χ0n) is 6.46. The summed E-state index contributed by atoms with van der Waals surface area (Å²) in [5, 5.41) is 10.8. The fourth-order valence-corrected chi connectivity index (χ4v) is 0.473. The number of aliphatic hydroxyl groups excluding tert-OH is 1. The average molecular weight is 161 g/mol. The summed E-state index contributed by atoms with van der Waals surface area (Å²) in [5.74, 6) is -1.33. The summed E-state index contributed by atoms with van der Waals surface area (Å²) in [4.78, 5) is 20.9. The molecule has 0 heterocycles. The maximum atomic E-state index is 10.6. The Morgan fingerprint density at radius 1 is 1.64 bits per heavy atom. The van der Waals surface area contributed by atoms with Crippen LogP contribution >= 0.6 is 0 Å². The Kier molecular flexibility index (Phi) is 4.21. The molecule has 64 valence electrons. The van der Waals surface area contributed by atoms with Gasteiger partial charge in [0, 0.05) is 6.92 Å². The maximum Gasteiger partial charge on any atom is 0.356 e. The van der Waals surface area contributed by atoms with Crippen molar-refractivity contribution in [2.75, 3.05) is 6.61 Å². The van der Waals surface area contributed by atoms with Crippen molar-refractivity contribution < 1.29 is 19.4 Å². The SMILES string of the molecule is CCOC(=O)[C@@H](O)NC(C)=O. The van der Waals surface area contributed by atoms with Gasteiger partial charge in [-0.1, -0.05) is 0 Å². The minimum atomic E-state index is -1.55. The van der Waals surface area contributed by atoms with Crippen LogP contribution in [0.4, 0.5) is 0 Å². The highest BCUT2D eigenvalue weighted by molar-refractivity contribution is 5.81. The Bertz CT molecular complexity index is 157. The first-order valence-corrected chi connectivity index (χ1v) is 3.19. The number of carbonyl (C=O) groups is 2. The fraction of sp³-hybridized carbons (Fsp3) is 0.667. The quantitative estimate of drug-likeness (QED) is 0.411. The van der Waals surface area contributed by atoms with Gasteiger partial charge in [-0.05, 0) is 6.92 Å². The van der Waals surface area contributed by atoms with E-state index in [2.05, 4.69) is 4.74 Å². The van der Waals surface area contributed by atoms with Crippen molar-refractivity contribution in [3.63, 3.8) is 0 Å². The molecule has 1 amide bonds. The molecule has 5 heteroatoms. The molecule has 11 heavy (non-hydrogen) atoms. The number of esters is 1. The zero-order chi connectivity index (χ0) is 8.85. The Balaban J connectivity index is 3.73. The zero-order valence-corrected chi connectivity index (χ0v) is 6.46. The Morgan fingerprint density at radius 3 is 2.55 bits per heavy atom. The summed E-state index contributed by atoms with van der Waals surface area (Å²) >= 11 is 0. The lowest BCUT2D eigenvalue weighted by molar-refractivity contribution is -0.156. The number of carbonyl (C=O) groups excluding carboxylic acids is 2. The second kappa shape index (κ2) is 4.68. The number of aliphatic hydroxyl groups is 1. The van der Waals surface area contributed by atoms with Crippen molar-refractivity contribution in [1.29, 1.82) is 0 Å². The van der Waals surface area contributed by atoms with Gasteiger partial charge < -0.3 is 15.2 Å². The van der Waals surface area contributed by atoms with E-state index in [9.17, 15) is 9.59 Å². The van der Waals surface area contributed by atoms with Gasteiger partial charge in [-0.3, -0.25) is 4.79 Å². The van der Waals surface area contributed by atoms with Crippen LogP contribution in [0.3, 0.4) is 0 Å². The third-order valence-corrected chi connectivity index (χ3v) is 0.850. The molecule has 2 N–H and O–H groups in total. The number of rotatable bonds is 3. The molecule has 0 saturated carbocycles. The van der Waals surface area contributed by atoms with Gasteiger partial charge in [0.15, 0.2) is 0 Å². The molecule has 0 bridgehead atoms. The molecule has 0 aliphatic carbocycles. The molecule has 0 unspecified atom stereocenters. The molecule has 0 fully saturated rings. The van der Waals surface area contributed by atoms with E-state index in [0.717, 1.165) is 0 Å². The van der Waals surface area contributed by atoms with Crippen molar-refractivity contribution in [2.45, 2.75) is 20.1 Å². The smallest absolute Gasteiger partial charge is 0.356 e. The molecular formula is C6H11NO4. The monoisotopic (exact) mass is 161 g/mol. The molecule has 0 aliphatic heterocycles. The molecule has 0 saturated heterocycles. The van der Waals surface area contributed by atoms with Crippen LogP contribution in [0.1, 0.15) is 13.8 Å². The second-order valence-corrected chi connectivity index (χ2v) is 1.86. The van der Waals surface area contributed by atoms with E-state index in [-0.39, 0.29) is 6.61 Å². The third-order valence-electron chi connectivity index (χ3n) is 0.850. The van der Waals surface area contributed by atoms with Crippen molar-refractivity contribution in [1.82, 2.24) is 5.32 Å². The Hall–Kier alpha value is -1.10. The summed E-state index contributed by atoms with van der Waals surface area (Å²) in [6.07, 6.45) is -1.55. The van der Waals surface area contributed by atoms with E-state index in [1.165, 1.54) is 6.92 Å². The predicted octanol–water partition coefficient (Wildman–Crippen LogP) is -0.996. The maximum absolute atomic E-state index is 10.6. The minimum Gasteiger partial charge on any atom is -0.463 e. The highest BCUT2D eigenvalue weighted by Crippen LogP contribution is 1.83. The molecular weight excluding hydrogens is 150 g/mol. The summed E-state index contributed by atoms with van der Waals surface area (Å²) in [6, 6.07) is 0. The van der Waals surface area contributed by atoms with Gasteiger partial charge in [-0.2, -0.15) is 0 Å². The molecule has 0 rings (SSSR count). The lowest BCUT2D eigenvalue weighted by Gasteiger charge is -2.08. The van der Waals surface area contributed by atoms with Crippen LogP contribution in [0.25, 0.3) is 0 Å². The first-order chi connectivity index (χ1) is 5.07. The molecule has 0 aromatic rings. The van der Waals surface area contributed by atoms with E-state index in [4.69, 9.17) is 5.11 Å². The van der Waals surface area contributed by atoms with Crippen molar-refractivity contribution in [3.8, 4) is 0 Å². The number of hydrogen-bond acceptors (Lipinski definition) is 4. The number of hydrogen-bond donors (Lipinski definition) is 2. The standard InChI is InChI=1S/C6H11NO4/c1-3-11-6(10)5(9)7-4(2)8/h5,9H,3H2,1-2H3,(H,7,8)/t5-/m1/s1. The molecule has 5 nitrogen and oxygen atoms in total. The van der Waals surface area contributed by atoms with Gasteiger partial charge in [0.25, 0.3) is 0 Å². The van der Waals surface area contributed by atoms with Crippen LogP contribution in [0.5, 0.6) is 0 Å². The van der Waals surface area contributed by atoms with Crippen LogP contribution < -0.4 is 5.32 Å². The van der Waals surface area contributed by atoms with Crippen LogP contribution in [-0.2, 0) is 14.3 Å². The minimum absolute atomic E-state index is 0.176. The van der Waals surface area contributed by atoms with E-state index < -0.39 is 18.1 Å². The molecule has 0 aromatic carbocycles. The fourth-order valence-electron chi connectivity index (χ4n) is 0.473. The molecule has 0 spiro atoms. The Labute approximate surface area is 64.3 Å². The van der Waals surface area contributed by atoms with Crippen LogP contribution in [0, 0.1) is 0 Å². The first-order valence-electron chi connectivity index (χ1n) is 3.19. The number of amides is 1. The van der Waals surface area contributed by atoms with Crippen LogP contribution in [-0.4, -0.2) is 29.8 Å². The summed E-state index contributed by atoms with van der Waals surface area (Å²) in [7, 11) is 0. The largest absolute Gasteiger partial charge is 0.463 e. The van der Waals surface area contributed by atoms with Crippen molar-refractivity contribution in [3.05, 3.63) is 0 Å². The van der Waals surface area contributed by atoms with Crippen LogP contribution in [0.2, 0.25) is 0 Å². The molecule has 0 aliphatic rings. The predicted molar refractivity (Wildman–Crippen MR) is 36.5 cm³/mol. The van der Waals surface area contributed by atoms with Gasteiger partial charge in [0.2, 0.25) is 12.1 Å². The number of ether oxygens (including phenoxy) is 1. The van der Waals surface area contributed by atoms with Gasteiger partial charge in [-0.15, -0.1) is 0 Å². The molecule has 1 atom stereocenters. The van der Waals surface area contributed by atoms with Gasteiger partial charge in [0.1, 0.15) is 0 Å². The second-order valence-electron chi connectivity index (χ2n) is 1.86. The van der Waals surface area contributed by atoms with Gasteiger partial charge >= 0.3 is 5.97 Å². The van der Waals surface area contributed by atoms with Crippen LogP contribution in [0.15, 0.2) is 0 Å². The molecule has 0 radical (unpaired) electrons. The first kappa shape index (κ1) is 9.90. The van der Waals surface area contributed by atoms with Gasteiger partial charge in [0.05, 0.1) is 6.61 Å². The highest BCUT2D eigenvalue weighted by Gasteiger charge is 2.15. The Morgan fingerprint density at radius 2 is 2.18 bits per heavy atom. The highest BCUT2D eigenvalue weighted by atomic mass is 16.5. The van der Waals surface area contributed by atoms with E-state index in [1.54, 1.807) is 6.92 Å². The van der Waals surface area contributed by atoms with Crippen molar-refractivity contribution >= 4 is 11.9 Å². The topological polar surface area (TPSA) is 75.6 Å². The normalized spacial score (nSPS) is 11.9. The number of nitrogens with one attached hydrogen (secondary N) is 1. The van der Waals surface area contributed by atoms with E-state index in [0.29, 0.717) is 0 Å². The van der Waals surface area contributed by atoms with E-state index in [1.807, 2.05) is 5.32 Å². The third kappa shape index (κ3) is 4.32. The van der Waals surface area contributed by atoms with Gasteiger partial charge in [-0.25, -0.2) is 4.79 Å². The summed E-state index contributed by atoms with van der Waals surface area (Å²) in [6.45, 7) is 2.98. The average Bonchev–Trinajstić information content (AvgIpc) is 1.86. The summed E-state index contributed by atoms with van der Waals surface area (Å²) in [5.41, 5.74) is 0.